The monoisotopic (exact) mass is 284 g/mol. The van der Waals surface area contributed by atoms with Crippen molar-refractivity contribution in [1.82, 2.24) is 0 Å². The Morgan fingerprint density at radius 1 is 0.824 bits per heavy atom. The van der Waals surface area contributed by atoms with Gasteiger partial charge in [0, 0.05) is 0 Å². The van der Waals surface area contributed by atoms with Gasteiger partial charge in [-0.1, -0.05) is 57.6 Å². The van der Waals surface area contributed by atoms with Gasteiger partial charge in [0.15, 0.2) is 0 Å². The van der Waals surface area contributed by atoms with E-state index >= 15 is 0 Å². The van der Waals surface area contributed by atoms with E-state index in [-0.39, 0.29) is 29.6 Å². The molecule has 0 aromatic rings. The van der Waals surface area contributed by atoms with Crippen molar-refractivity contribution in [3.05, 3.63) is 0 Å². The van der Waals surface area contributed by atoms with Gasteiger partial charge in [-0.25, -0.2) is 0 Å². The molecule has 0 N–H and O–H groups in total. The van der Waals surface area contributed by atoms with E-state index < -0.39 is 0 Å². The molecule has 1 rings (SSSR count). The van der Waals surface area contributed by atoms with Crippen LogP contribution >= 0.6 is 24.8 Å². The summed E-state index contributed by atoms with van der Waals surface area (Å²) in [6.07, 6.45) is 14.9. The van der Waals surface area contributed by atoms with Crippen molar-refractivity contribution in [2.24, 2.45) is 0 Å². The van der Waals surface area contributed by atoms with Gasteiger partial charge >= 0.3 is 29.6 Å². The molecule has 0 aliphatic heterocycles. The van der Waals surface area contributed by atoms with Gasteiger partial charge in [-0.3, -0.25) is 0 Å². The second kappa shape index (κ2) is 12.3. The van der Waals surface area contributed by atoms with Gasteiger partial charge in [-0.15, -0.1) is 0 Å². The molecule has 0 aromatic heterocycles. The first-order valence-corrected chi connectivity index (χ1v) is 7.54. The predicted molar refractivity (Wildman–Crippen MR) is 84.4 cm³/mol. The Kier molecular flexibility index (Phi) is 13.2. The van der Waals surface area contributed by atoms with E-state index in [9.17, 15) is 0 Å². The van der Waals surface area contributed by atoms with Crippen LogP contribution in [0.5, 0.6) is 0 Å². The maximum atomic E-state index is 5.59. The summed E-state index contributed by atoms with van der Waals surface area (Å²) in [5.41, 5.74) is 0. The molecule has 1 aliphatic carbocycles. The Morgan fingerprint density at radius 3 is 1.53 bits per heavy atom. The first kappa shape index (κ1) is 18.2. The molecule has 0 spiro atoms. The van der Waals surface area contributed by atoms with Crippen molar-refractivity contribution in [3.8, 4) is 0 Å². The van der Waals surface area contributed by atoms with E-state index in [0.29, 0.717) is 10.5 Å². The van der Waals surface area contributed by atoms with Gasteiger partial charge in [-0.2, -0.15) is 0 Å². The van der Waals surface area contributed by atoms with Crippen LogP contribution < -0.4 is 0 Å². The second-order valence-corrected chi connectivity index (χ2v) is 5.84. The minimum atomic E-state index is 0. The van der Waals surface area contributed by atoms with E-state index in [1.165, 1.54) is 57.8 Å². The third-order valence-corrected chi connectivity index (χ3v) is 3.52. The van der Waals surface area contributed by atoms with Crippen molar-refractivity contribution < 1.29 is 4.74 Å². The Morgan fingerprint density at radius 2 is 1.18 bits per heavy atom. The molecule has 0 unspecified atom stereocenters. The zero-order valence-electron chi connectivity index (χ0n) is 10.1. The van der Waals surface area contributed by atoms with Crippen molar-refractivity contribution in [2.45, 2.75) is 76.7 Å². The van der Waals surface area contributed by atoms with Gasteiger partial charge in [0.25, 0.3) is 0 Å². The van der Waals surface area contributed by atoms with Crippen LogP contribution in [0.3, 0.4) is 0 Å². The summed E-state index contributed by atoms with van der Waals surface area (Å²) in [6, 6.07) is 0. The number of ether oxygens (including phenoxy) is 1. The normalized spacial score (nSPS) is 20.5. The Bertz CT molecular complexity index is 188. The van der Waals surface area contributed by atoms with E-state index in [0.717, 1.165) is 12.8 Å². The van der Waals surface area contributed by atoms with Crippen molar-refractivity contribution in [2.75, 3.05) is 0 Å². The Hall–Kier alpha value is 1.24. The van der Waals surface area contributed by atoms with Crippen LogP contribution in [0.4, 0.5) is 0 Å². The average Bonchev–Trinajstić information content (AvgIpc) is 2.21. The summed E-state index contributed by atoms with van der Waals surface area (Å²) >= 11 is 8.97. The SMILES string of the molecule is S=C(S)OC1CCCCCCCCCCC1.[NaH]. The van der Waals surface area contributed by atoms with E-state index in [1.807, 2.05) is 0 Å². The molecule has 0 saturated heterocycles. The van der Waals surface area contributed by atoms with Gasteiger partial charge in [0.1, 0.15) is 6.10 Å². The fourth-order valence-corrected chi connectivity index (χ4v) is 2.67. The molecule has 0 aromatic carbocycles. The molecule has 0 amide bonds. The predicted octanol–water partition coefficient (Wildman–Crippen LogP) is 4.24. The first-order chi connectivity index (χ1) is 7.79. The molecule has 0 radical (unpaired) electrons. The molecular weight excluding hydrogens is 259 g/mol. The molecule has 0 bridgehead atoms. The van der Waals surface area contributed by atoms with Crippen LogP contribution in [0.15, 0.2) is 0 Å². The molecular formula is C13H25NaOS2. The standard InChI is InChI=1S/C13H24OS2.Na.H/c15-13(16)14-12-10-8-6-4-2-1-3-5-7-9-11-12;;/h12H,1-11H2,(H,15,16);;. The maximum absolute atomic E-state index is 5.59. The first-order valence-electron chi connectivity index (χ1n) is 6.68. The number of hydrogen-bond donors (Lipinski definition) is 1. The van der Waals surface area contributed by atoms with Gasteiger partial charge in [0.2, 0.25) is 4.38 Å². The molecule has 4 heteroatoms. The van der Waals surface area contributed by atoms with E-state index in [2.05, 4.69) is 12.6 Å². The zero-order valence-corrected chi connectivity index (χ0v) is 11.8. The summed E-state index contributed by atoms with van der Waals surface area (Å²) < 4.78 is 6.00. The number of hydrogen-bond acceptors (Lipinski definition) is 2. The molecule has 0 heterocycles. The topological polar surface area (TPSA) is 9.23 Å². The third-order valence-electron chi connectivity index (χ3n) is 3.32. The van der Waals surface area contributed by atoms with Crippen LogP contribution in [-0.2, 0) is 4.74 Å². The second-order valence-electron chi connectivity index (χ2n) is 4.77. The molecule has 96 valence electrons. The summed E-state index contributed by atoms with van der Waals surface area (Å²) in [6.45, 7) is 0. The van der Waals surface area contributed by atoms with Crippen LogP contribution in [0.25, 0.3) is 0 Å². The molecule has 1 nitrogen and oxygen atoms in total. The summed E-state index contributed by atoms with van der Waals surface area (Å²) in [5, 5.41) is 0. The summed E-state index contributed by atoms with van der Waals surface area (Å²) in [5.74, 6) is 0. The molecule has 17 heavy (non-hydrogen) atoms. The fourth-order valence-electron chi connectivity index (χ4n) is 2.39. The molecule has 1 aliphatic rings. The average molecular weight is 284 g/mol. The number of rotatable bonds is 1. The zero-order chi connectivity index (χ0) is 11.6. The van der Waals surface area contributed by atoms with Crippen molar-refractivity contribution in [3.63, 3.8) is 0 Å². The van der Waals surface area contributed by atoms with Crippen LogP contribution in [0.2, 0.25) is 0 Å². The van der Waals surface area contributed by atoms with E-state index in [1.54, 1.807) is 0 Å². The molecule has 0 atom stereocenters. The molecule has 1 saturated carbocycles. The number of thiocarbonyl (C=S) groups is 1. The van der Waals surface area contributed by atoms with Crippen molar-refractivity contribution in [1.29, 1.82) is 0 Å². The summed E-state index contributed by atoms with van der Waals surface area (Å²) in [4.78, 5) is 0. The molecule has 1 fully saturated rings. The minimum absolute atomic E-state index is 0. The quantitative estimate of drug-likeness (QED) is 0.438. The van der Waals surface area contributed by atoms with Crippen LogP contribution in [0, 0.1) is 0 Å². The van der Waals surface area contributed by atoms with E-state index in [4.69, 9.17) is 17.0 Å². The van der Waals surface area contributed by atoms with Crippen molar-refractivity contribution >= 4 is 58.8 Å². The van der Waals surface area contributed by atoms with Gasteiger partial charge in [-0.05, 0) is 37.9 Å². The van der Waals surface area contributed by atoms with Gasteiger partial charge < -0.3 is 4.74 Å². The summed E-state index contributed by atoms with van der Waals surface area (Å²) in [7, 11) is 0. The van der Waals surface area contributed by atoms with Crippen LogP contribution in [0.1, 0.15) is 70.6 Å². The van der Waals surface area contributed by atoms with Crippen LogP contribution in [-0.4, -0.2) is 40.0 Å². The van der Waals surface area contributed by atoms with Gasteiger partial charge in [0.05, 0.1) is 0 Å². The Labute approximate surface area is 139 Å². The number of thiol groups is 1. The fraction of sp³-hybridized carbons (Fsp3) is 0.923. The third kappa shape index (κ3) is 10.8. The Balaban J connectivity index is 0.00000256.